The van der Waals surface area contributed by atoms with Crippen LogP contribution in [-0.4, -0.2) is 6.54 Å². The third kappa shape index (κ3) is 3.89. The molecule has 0 aliphatic carbocycles. The van der Waals surface area contributed by atoms with Crippen molar-refractivity contribution in [2.24, 2.45) is 5.92 Å². The first kappa shape index (κ1) is 11.9. The van der Waals surface area contributed by atoms with Crippen LogP contribution in [-0.2, 0) is 0 Å². The molecule has 0 unspecified atom stereocenters. The van der Waals surface area contributed by atoms with Gasteiger partial charge >= 0.3 is 0 Å². The fourth-order valence-electron chi connectivity index (χ4n) is 1.11. The van der Waals surface area contributed by atoms with Crippen molar-refractivity contribution in [3.8, 4) is 0 Å². The standard InChI is InChI=1S/C11H15BrClN/c1-8(2)5-6-14-9-3-4-11(13)10(12)7-9/h3-4,7-8,14H,5-6H2,1-2H3. The van der Waals surface area contributed by atoms with Crippen LogP contribution in [0, 0.1) is 5.92 Å². The average molecular weight is 277 g/mol. The van der Waals surface area contributed by atoms with E-state index in [1.807, 2.05) is 18.2 Å². The van der Waals surface area contributed by atoms with Gasteiger partial charge in [0.2, 0.25) is 0 Å². The third-order valence-electron chi connectivity index (χ3n) is 1.97. The lowest BCUT2D eigenvalue weighted by molar-refractivity contribution is 0.607. The largest absolute Gasteiger partial charge is 0.385 e. The van der Waals surface area contributed by atoms with E-state index in [-0.39, 0.29) is 0 Å². The minimum Gasteiger partial charge on any atom is -0.385 e. The summed E-state index contributed by atoms with van der Waals surface area (Å²) in [4.78, 5) is 0. The van der Waals surface area contributed by atoms with Gasteiger partial charge < -0.3 is 5.32 Å². The molecule has 1 aromatic carbocycles. The Balaban J connectivity index is 2.47. The minimum atomic E-state index is 0.734. The van der Waals surface area contributed by atoms with Crippen molar-refractivity contribution in [1.82, 2.24) is 0 Å². The molecule has 0 aromatic heterocycles. The number of hydrogen-bond donors (Lipinski definition) is 1. The first-order valence-electron chi connectivity index (χ1n) is 4.78. The number of rotatable bonds is 4. The second-order valence-corrected chi connectivity index (χ2v) is 5.00. The topological polar surface area (TPSA) is 12.0 Å². The van der Waals surface area contributed by atoms with Crippen LogP contribution in [0.3, 0.4) is 0 Å². The van der Waals surface area contributed by atoms with Gasteiger partial charge in [-0.05, 0) is 46.5 Å². The summed E-state index contributed by atoms with van der Waals surface area (Å²) in [5.74, 6) is 0.734. The normalized spacial score (nSPS) is 10.6. The number of halogens is 2. The molecular formula is C11H15BrClN. The molecule has 0 saturated carbocycles. The second-order valence-electron chi connectivity index (χ2n) is 3.74. The van der Waals surface area contributed by atoms with Gasteiger partial charge in [-0.1, -0.05) is 25.4 Å². The van der Waals surface area contributed by atoms with Gasteiger partial charge in [0.1, 0.15) is 0 Å². The van der Waals surface area contributed by atoms with E-state index in [1.54, 1.807) is 0 Å². The lowest BCUT2D eigenvalue weighted by atomic mass is 10.1. The Labute approximate surface area is 99.0 Å². The molecule has 0 fully saturated rings. The van der Waals surface area contributed by atoms with Crippen molar-refractivity contribution in [3.05, 3.63) is 27.7 Å². The number of anilines is 1. The molecule has 78 valence electrons. The molecule has 1 N–H and O–H groups in total. The quantitative estimate of drug-likeness (QED) is 0.850. The monoisotopic (exact) mass is 275 g/mol. The van der Waals surface area contributed by atoms with Gasteiger partial charge in [0, 0.05) is 16.7 Å². The first-order chi connectivity index (χ1) is 6.59. The van der Waals surface area contributed by atoms with E-state index in [0.29, 0.717) is 0 Å². The molecule has 0 atom stereocenters. The zero-order chi connectivity index (χ0) is 10.6. The maximum Gasteiger partial charge on any atom is 0.0549 e. The Morgan fingerprint density at radius 2 is 2.14 bits per heavy atom. The number of nitrogens with one attached hydrogen (secondary N) is 1. The van der Waals surface area contributed by atoms with E-state index >= 15 is 0 Å². The molecule has 1 rings (SSSR count). The maximum atomic E-state index is 5.89. The highest BCUT2D eigenvalue weighted by Crippen LogP contribution is 2.25. The molecule has 0 saturated heterocycles. The summed E-state index contributed by atoms with van der Waals surface area (Å²) in [6.07, 6.45) is 1.18. The summed E-state index contributed by atoms with van der Waals surface area (Å²) in [6.45, 7) is 5.45. The zero-order valence-corrected chi connectivity index (χ0v) is 10.8. The van der Waals surface area contributed by atoms with E-state index < -0.39 is 0 Å². The second kappa shape index (κ2) is 5.62. The molecular weight excluding hydrogens is 261 g/mol. The minimum absolute atomic E-state index is 0.734. The molecule has 1 aromatic rings. The smallest absolute Gasteiger partial charge is 0.0549 e. The summed E-state index contributed by atoms with van der Waals surface area (Å²) in [5.41, 5.74) is 1.11. The number of hydrogen-bond acceptors (Lipinski definition) is 1. The molecule has 3 heteroatoms. The highest BCUT2D eigenvalue weighted by molar-refractivity contribution is 9.10. The van der Waals surface area contributed by atoms with Crippen molar-refractivity contribution in [2.45, 2.75) is 20.3 Å². The maximum absolute atomic E-state index is 5.89. The van der Waals surface area contributed by atoms with Gasteiger partial charge in [-0.25, -0.2) is 0 Å². The molecule has 0 heterocycles. The SMILES string of the molecule is CC(C)CCNc1ccc(Cl)c(Br)c1. The van der Waals surface area contributed by atoms with Gasteiger partial charge in [-0.2, -0.15) is 0 Å². The molecule has 0 aliphatic rings. The Kier molecular flexibility index (Phi) is 4.76. The van der Waals surface area contributed by atoms with Gasteiger partial charge in [0.25, 0.3) is 0 Å². The third-order valence-corrected chi connectivity index (χ3v) is 3.18. The summed E-state index contributed by atoms with van der Waals surface area (Å²) >= 11 is 9.29. The molecule has 0 amide bonds. The molecule has 1 nitrogen and oxygen atoms in total. The lowest BCUT2D eigenvalue weighted by Gasteiger charge is -2.08. The molecule has 0 spiro atoms. The lowest BCUT2D eigenvalue weighted by Crippen LogP contribution is -2.04. The molecule has 0 bridgehead atoms. The number of benzene rings is 1. The van der Waals surface area contributed by atoms with Crippen molar-refractivity contribution in [2.75, 3.05) is 11.9 Å². The predicted octanol–water partition coefficient (Wildman–Crippen LogP) is 4.56. The summed E-state index contributed by atoms with van der Waals surface area (Å²) < 4.78 is 0.939. The van der Waals surface area contributed by atoms with E-state index in [9.17, 15) is 0 Å². The Morgan fingerprint density at radius 1 is 1.43 bits per heavy atom. The van der Waals surface area contributed by atoms with Crippen LogP contribution in [0.25, 0.3) is 0 Å². The highest BCUT2D eigenvalue weighted by Gasteiger charge is 1.98. The van der Waals surface area contributed by atoms with E-state index in [4.69, 9.17) is 11.6 Å². The van der Waals surface area contributed by atoms with E-state index in [0.717, 1.165) is 27.6 Å². The van der Waals surface area contributed by atoms with Gasteiger partial charge in [0.15, 0.2) is 0 Å². The molecule has 0 aliphatic heterocycles. The van der Waals surface area contributed by atoms with Crippen molar-refractivity contribution in [1.29, 1.82) is 0 Å². The zero-order valence-electron chi connectivity index (χ0n) is 8.48. The Morgan fingerprint density at radius 3 is 2.71 bits per heavy atom. The van der Waals surface area contributed by atoms with Gasteiger partial charge in [-0.3, -0.25) is 0 Å². The van der Waals surface area contributed by atoms with Crippen molar-refractivity contribution >= 4 is 33.2 Å². The van der Waals surface area contributed by atoms with Crippen LogP contribution in [0.2, 0.25) is 5.02 Å². The highest BCUT2D eigenvalue weighted by atomic mass is 79.9. The Bertz CT molecular complexity index is 299. The van der Waals surface area contributed by atoms with E-state index in [2.05, 4.69) is 35.1 Å². The molecule has 14 heavy (non-hydrogen) atoms. The summed E-state index contributed by atoms with van der Waals surface area (Å²) in [7, 11) is 0. The van der Waals surface area contributed by atoms with Crippen LogP contribution >= 0.6 is 27.5 Å². The Hall–Kier alpha value is -0.210. The van der Waals surface area contributed by atoms with Crippen LogP contribution < -0.4 is 5.32 Å². The summed E-state index contributed by atoms with van der Waals surface area (Å²) in [5, 5.41) is 4.10. The molecule has 0 radical (unpaired) electrons. The average Bonchev–Trinajstić information content (AvgIpc) is 2.10. The fraction of sp³-hybridized carbons (Fsp3) is 0.455. The van der Waals surface area contributed by atoms with Crippen LogP contribution in [0.4, 0.5) is 5.69 Å². The van der Waals surface area contributed by atoms with Crippen LogP contribution in [0.15, 0.2) is 22.7 Å². The first-order valence-corrected chi connectivity index (χ1v) is 5.95. The van der Waals surface area contributed by atoms with Gasteiger partial charge in [-0.15, -0.1) is 0 Å². The fourth-order valence-corrected chi connectivity index (χ4v) is 1.61. The van der Waals surface area contributed by atoms with Gasteiger partial charge in [0.05, 0.1) is 5.02 Å². The van der Waals surface area contributed by atoms with Crippen molar-refractivity contribution in [3.63, 3.8) is 0 Å². The van der Waals surface area contributed by atoms with E-state index in [1.165, 1.54) is 6.42 Å². The van der Waals surface area contributed by atoms with Crippen molar-refractivity contribution < 1.29 is 0 Å². The van der Waals surface area contributed by atoms with Crippen LogP contribution in [0.1, 0.15) is 20.3 Å². The predicted molar refractivity (Wildman–Crippen MR) is 67.1 cm³/mol. The van der Waals surface area contributed by atoms with Crippen LogP contribution in [0.5, 0.6) is 0 Å². The summed E-state index contributed by atoms with van der Waals surface area (Å²) in [6, 6.07) is 5.89.